The summed E-state index contributed by atoms with van der Waals surface area (Å²) in [6, 6.07) is 3.97. The standard InChI is InChI=1S/C13H15Cl2NO4S/c14-10-4-3-9(7-11(10)15)21(19,20)16-8-13(12(17)18)5-1-2-6-13/h3-4,7,16H,1-2,5-6,8H2,(H,17,18). The summed E-state index contributed by atoms with van der Waals surface area (Å²) in [6.07, 6.45) is 2.54. The highest BCUT2D eigenvalue weighted by molar-refractivity contribution is 7.89. The van der Waals surface area contributed by atoms with E-state index in [1.807, 2.05) is 0 Å². The molecule has 116 valence electrons. The third kappa shape index (κ3) is 3.51. The van der Waals surface area contributed by atoms with Gasteiger partial charge < -0.3 is 5.11 Å². The van der Waals surface area contributed by atoms with Gasteiger partial charge in [0.1, 0.15) is 0 Å². The first kappa shape index (κ1) is 16.5. The summed E-state index contributed by atoms with van der Waals surface area (Å²) < 4.78 is 26.8. The van der Waals surface area contributed by atoms with Crippen molar-refractivity contribution in [2.75, 3.05) is 6.54 Å². The number of nitrogens with one attached hydrogen (secondary N) is 1. The molecule has 1 aromatic rings. The molecule has 5 nitrogen and oxygen atoms in total. The first-order chi connectivity index (χ1) is 9.77. The van der Waals surface area contributed by atoms with Crippen LogP contribution in [0.15, 0.2) is 23.1 Å². The zero-order valence-electron chi connectivity index (χ0n) is 11.1. The number of hydrogen-bond acceptors (Lipinski definition) is 3. The molecule has 0 bridgehead atoms. The third-order valence-electron chi connectivity index (χ3n) is 3.82. The van der Waals surface area contributed by atoms with Crippen molar-refractivity contribution >= 4 is 39.2 Å². The van der Waals surface area contributed by atoms with Gasteiger partial charge in [0.2, 0.25) is 10.0 Å². The number of hydrogen-bond donors (Lipinski definition) is 2. The second-order valence-electron chi connectivity index (χ2n) is 5.19. The molecule has 0 saturated heterocycles. The van der Waals surface area contributed by atoms with Gasteiger partial charge in [0.15, 0.2) is 0 Å². The van der Waals surface area contributed by atoms with Crippen molar-refractivity contribution < 1.29 is 18.3 Å². The maximum Gasteiger partial charge on any atom is 0.310 e. The summed E-state index contributed by atoms with van der Waals surface area (Å²) in [5.41, 5.74) is -1.01. The van der Waals surface area contributed by atoms with Gasteiger partial charge in [0.05, 0.1) is 20.4 Å². The normalized spacial score (nSPS) is 17.8. The molecule has 1 saturated carbocycles. The zero-order valence-corrected chi connectivity index (χ0v) is 13.4. The maximum absolute atomic E-state index is 12.2. The highest BCUT2D eigenvalue weighted by Gasteiger charge is 2.42. The molecule has 8 heteroatoms. The van der Waals surface area contributed by atoms with Crippen LogP contribution in [0.4, 0.5) is 0 Å². The van der Waals surface area contributed by atoms with Crippen LogP contribution >= 0.6 is 23.2 Å². The Labute approximate surface area is 133 Å². The lowest BCUT2D eigenvalue weighted by Gasteiger charge is -2.23. The Balaban J connectivity index is 2.17. The van der Waals surface area contributed by atoms with E-state index in [2.05, 4.69) is 4.72 Å². The molecule has 1 aliphatic rings. The minimum absolute atomic E-state index is 0.0320. The number of carbonyl (C=O) groups is 1. The molecule has 0 heterocycles. The lowest BCUT2D eigenvalue weighted by atomic mass is 9.87. The number of rotatable bonds is 5. The Morgan fingerprint density at radius 1 is 1.24 bits per heavy atom. The van der Waals surface area contributed by atoms with E-state index in [9.17, 15) is 18.3 Å². The molecule has 0 radical (unpaired) electrons. The van der Waals surface area contributed by atoms with Gasteiger partial charge in [0, 0.05) is 6.54 Å². The van der Waals surface area contributed by atoms with Crippen LogP contribution in [-0.4, -0.2) is 26.0 Å². The molecule has 0 aliphatic heterocycles. The van der Waals surface area contributed by atoms with Gasteiger partial charge in [-0.15, -0.1) is 0 Å². The van der Waals surface area contributed by atoms with Gasteiger partial charge in [-0.2, -0.15) is 0 Å². The van der Waals surface area contributed by atoms with E-state index in [0.717, 1.165) is 12.8 Å². The second kappa shape index (κ2) is 6.12. The fourth-order valence-corrected chi connectivity index (χ4v) is 3.99. The number of carboxylic acids is 1. The SMILES string of the molecule is O=C(O)C1(CNS(=O)(=O)c2ccc(Cl)c(Cl)c2)CCCC1. The summed E-state index contributed by atoms with van der Waals surface area (Å²) in [6.45, 7) is -0.120. The van der Waals surface area contributed by atoms with E-state index in [-0.39, 0.29) is 21.5 Å². The van der Waals surface area contributed by atoms with Gasteiger partial charge in [0.25, 0.3) is 0 Å². The van der Waals surface area contributed by atoms with Crippen LogP contribution < -0.4 is 4.72 Å². The highest BCUT2D eigenvalue weighted by atomic mass is 35.5. The molecular formula is C13H15Cl2NO4S. The smallest absolute Gasteiger partial charge is 0.310 e. The Morgan fingerprint density at radius 3 is 2.38 bits per heavy atom. The fourth-order valence-electron chi connectivity index (χ4n) is 2.48. The average Bonchev–Trinajstić information content (AvgIpc) is 2.90. The molecule has 2 rings (SSSR count). The summed E-state index contributed by atoms with van der Waals surface area (Å²) in [4.78, 5) is 11.4. The van der Waals surface area contributed by atoms with Crippen molar-refractivity contribution in [3.8, 4) is 0 Å². The predicted octanol–water partition coefficient (Wildman–Crippen LogP) is 2.92. The minimum Gasteiger partial charge on any atom is -0.481 e. The highest BCUT2D eigenvalue weighted by Crippen LogP contribution is 2.38. The molecule has 0 aromatic heterocycles. The van der Waals surface area contributed by atoms with Crippen LogP contribution in [0, 0.1) is 5.41 Å². The first-order valence-electron chi connectivity index (χ1n) is 6.45. The molecule has 21 heavy (non-hydrogen) atoms. The first-order valence-corrected chi connectivity index (χ1v) is 8.69. The predicted molar refractivity (Wildman–Crippen MR) is 80.2 cm³/mol. The molecule has 0 spiro atoms. The van der Waals surface area contributed by atoms with Gasteiger partial charge in [-0.1, -0.05) is 36.0 Å². The Hall–Kier alpha value is -0.820. The summed E-state index contributed by atoms with van der Waals surface area (Å²) in [5, 5.41) is 9.73. The summed E-state index contributed by atoms with van der Waals surface area (Å²) in [7, 11) is -3.82. The quantitative estimate of drug-likeness (QED) is 0.854. The molecule has 2 N–H and O–H groups in total. The molecule has 0 amide bonds. The number of carboxylic acid groups (broad SMARTS) is 1. The molecule has 1 aliphatic carbocycles. The number of benzene rings is 1. The number of aliphatic carboxylic acids is 1. The Kier molecular flexibility index (Phi) is 4.82. The molecule has 0 unspecified atom stereocenters. The van der Waals surface area contributed by atoms with Crippen molar-refractivity contribution in [1.82, 2.24) is 4.72 Å². The van der Waals surface area contributed by atoms with E-state index >= 15 is 0 Å². The summed E-state index contributed by atoms with van der Waals surface area (Å²) in [5.74, 6) is -0.961. The van der Waals surface area contributed by atoms with Crippen LogP contribution in [0.5, 0.6) is 0 Å². The van der Waals surface area contributed by atoms with Crippen molar-refractivity contribution in [2.45, 2.75) is 30.6 Å². The Bertz CT molecular complexity index is 654. The minimum atomic E-state index is -3.82. The number of sulfonamides is 1. The van der Waals surface area contributed by atoms with Crippen LogP contribution in [0.3, 0.4) is 0 Å². The topological polar surface area (TPSA) is 83.5 Å². The van der Waals surface area contributed by atoms with Crippen molar-refractivity contribution in [2.24, 2.45) is 5.41 Å². The largest absolute Gasteiger partial charge is 0.481 e. The van der Waals surface area contributed by atoms with Gasteiger partial charge in [-0.3, -0.25) is 4.79 Å². The lowest BCUT2D eigenvalue weighted by Crippen LogP contribution is -2.41. The van der Waals surface area contributed by atoms with Gasteiger partial charge >= 0.3 is 5.97 Å². The van der Waals surface area contributed by atoms with E-state index in [0.29, 0.717) is 12.8 Å². The van der Waals surface area contributed by atoms with Crippen molar-refractivity contribution in [3.05, 3.63) is 28.2 Å². The van der Waals surface area contributed by atoms with E-state index in [1.54, 1.807) is 0 Å². The Morgan fingerprint density at radius 2 is 1.86 bits per heavy atom. The molecule has 1 fully saturated rings. The average molecular weight is 352 g/mol. The monoisotopic (exact) mass is 351 g/mol. The second-order valence-corrected chi connectivity index (χ2v) is 7.77. The maximum atomic E-state index is 12.2. The van der Waals surface area contributed by atoms with Crippen molar-refractivity contribution in [3.63, 3.8) is 0 Å². The van der Waals surface area contributed by atoms with Gasteiger partial charge in [-0.05, 0) is 31.0 Å². The van der Waals surface area contributed by atoms with Gasteiger partial charge in [-0.25, -0.2) is 13.1 Å². The zero-order chi connectivity index (χ0) is 15.7. The fraction of sp³-hybridized carbons (Fsp3) is 0.462. The van der Waals surface area contributed by atoms with Crippen LogP contribution in [0.25, 0.3) is 0 Å². The molecule has 0 atom stereocenters. The third-order valence-corrected chi connectivity index (χ3v) is 5.95. The lowest BCUT2D eigenvalue weighted by molar-refractivity contribution is -0.148. The van der Waals surface area contributed by atoms with Crippen LogP contribution in [0.1, 0.15) is 25.7 Å². The van der Waals surface area contributed by atoms with E-state index in [4.69, 9.17) is 23.2 Å². The molecule has 1 aromatic carbocycles. The van der Waals surface area contributed by atoms with Crippen molar-refractivity contribution in [1.29, 1.82) is 0 Å². The van der Waals surface area contributed by atoms with Crippen LogP contribution in [-0.2, 0) is 14.8 Å². The number of halogens is 2. The van der Waals surface area contributed by atoms with E-state index < -0.39 is 21.4 Å². The summed E-state index contributed by atoms with van der Waals surface area (Å²) >= 11 is 11.6. The molecular weight excluding hydrogens is 337 g/mol. The van der Waals surface area contributed by atoms with E-state index in [1.165, 1.54) is 18.2 Å². The van der Waals surface area contributed by atoms with Crippen LogP contribution in [0.2, 0.25) is 10.0 Å².